The maximum Gasteiger partial charge on any atom is 0.142 e. The van der Waals surface area contributed by atoms with Crippen LogP contribution in [0.4, 0.5) is 0 Å². The van der Waals surface area contributed by atoms with Crippen molar-refractivity contribution in [1.29, 1.82) is 0 Å². The molecule has 0 radical (unpaired) electrons. The molecule has 0 saturated heterocycles. The lowest BCUT2D eigenvalue weighted by Crippen LogP contribution is -1.73. The highest BCUT2D eigenvalue weighted by Crippen LogP contribution is 2.03. The zero-order valence-electron chi connectivity index (χ0n) is 9.24. The third-order valence-corrected chi connectivity index (χ3v) is 2.10. The van der Waals surface area contributed by atoms with Crippen LogP contribution in [0, 0.1) is 0 Å². The second kappa shape index (κ2) is 12.2. The number of carbonyl (C=O) groups is 1. The highest BCUT2D eigenvalue weighted by atomic mass is 16.1. The normalized spacial score (nSPS) is 11.5. The van der Waals surface area contributed by atoms with E-state index in [0.29, 0.717) is 0 Å². The Bertz CT molecular complexity index is 168. The molecular weight excluding hydrogens is 172 g/mol. The number of rotatable bonds is 9. The SMILES string of the molecule is CCCC/C=C\CCCC/C=C/C=O. The summed E-state index contributed by atoms with van der Waals surface area (Å²) < 4.78 is 0. The van der Waals surface area contributed by atoms with Crippen molar-refractivity contribution in [2.75, 3.05) is 0 Å². The van der Waals surface area contributed by atoms with Gasteiger partial charge in [-0.25, -0.2) is 0 Å². The first kappa shape index (κ1) is 13.2. The quantitative estimate of drug-likeness (QED) is 0.234. The van der Waals surface area contributed by atoms with E-state index in [1.807, 2.05) is 6.08 Å². The number of hydrogen-bond acceptors (Lipinski definition) is 1. The first-order valence-corrected chi connectivity index (χ1v) is 5.67. The van der Waals surface area contributed by atoms with Crippen molar-refractivity contribution in [3.8, 4) is 0 Å². The molecule has 0 aromatic carbocycles. The van der Waals surface area contributed by atoms with Gasteiger partial charge in [0, 0.05) is 0 Å². The molecule has 0 saturated carbocycles. The number of hydrogen-bond donors (Lipinski definition) is 0. The van der Waals surface area contributed by atoms with E-state index in [9.17, 15) is 4.79 Å². The zero-order valence-corrected chi connectivity index (χ0v) is 9.24. The minimum absolute atomic E-state index is 0.838. The topological polar surface area (TPSA) is 17.1 Å². The summed E-state index contributed by atoms with van der Waals surface area (Å²) in [4.78, 5) is 9.94. The monoisotopic (exact) mass is 194 g/mol. The van der Waals surface area contributed by atoms with E-state index in [4.69, 9.17) is 0 Å². The molecule has 0 fully saturated rings. The van der Waals surface area contributed by atoms with Crippen molar-refractivity contribution < 1.29 is 4.79 Å². The molecule has 0 heterocycles. The Kier molecular flexibility index (Phi) is 11.4. The molecular formula is C13H22O. The van der Waals surface area contributed by atoms with Gasteiger partial charge in [0.25, 0.3) is 0 Å². The van der Waals surface area contributed by atoms with E-state index in [-0.39, 0.29) is 0 Å². The molecule has 80 valence electrons. The molecule has 0 bridgehead atoms. The van der Waals surface area contributed by atoms with Gasteiger partial charge in [-0.3, -0.25) is 4.79 Å². The number of allylic oxidation sites excluding steroid dienone is 4. The summed E-state index contributed by atoms with van der Waals surface area (Å²) in [7, 11) is 0. The van der Waals surface area contributed by atoms with E-state index in [1.165, 1.54) is 38.5 Å². The van der Waals surface area contributed by atoms with Gasteiger partial charge in [-0.05, 0) is 38.2 Å². The van der Waals surface area contributed by atoms with E-state index in [1.54, 1.807) is 6.08 Å². The predicted molar refractivity (Wildman–Crippen MR) is 62.3 cm³/mol. The lowest BCUT2D eigenvalue weighted by atomic mass is 10.1. The summed E-state index contributed by atoms with van der Waals surface area (Å²) in [5.74, 6) is 0. The first-order chi connectivity index (χ1) is 6.91. The smallest absolute Gasteiger partial charge is 0.142 e. The van der Waals surface area contributed by atoms with Crippen molar-refractivity contribution >= 4 is 6.29 Å². The molecule has 0 N–H and O–H groups in total. The minimum Gasteiger partial charge on any atom is -0.299 e. The van der Waals surface area contributed by atoms with Crippen LogP contribution in [0.1, 0.15) is 51.9 Å². The highest BCUT2D eigenvalue weighted by Gasteiger charge is 1.83. The summed E-state index contributed by atoms with van der Waals surface area (Å²) in [6.45, 7) is 2.22. The van der Waals surface area contributed by atoms with Crippen molar-refractivity contribution in [1.82, 2.24) is 0 Å². The second-order valence-electron chi connectivity index (χ2n) is 3.46. The van der Waals surface area contributed by atoms with Crippen LogP contribution in [0.5, 0.6) is 0 Å². The summed E-state index contributed by atoms with van der Waals surface area (Å²) in [6.07, 6.45) is 17.3. The molecule has 0 aliphatic heterocycles. The third-order valence-electron chi connectivity index (χ3n) is 2.10. The van der Waals surface area contributed by atoms with Crippen LogP contribution in [-0.4, -0.2) is 6.29 Å². The Hall–Kier alpha value is -0.850. The van der Waals surface area contributed by atoms with Crippen LogP contribution in [-0.2, 0) is 4.79 Å². The fourth-order valence-corrected chi connectivity index (χ4v) is 1.23. The number of aldehydes is 1. The largest absolute Gasteiger partial charge is 0.299 e. The summed E-state index contributed by atoms with van der Waals surface area (Å²) in [5.41, 5.74) is 0. The second-order valence-corrected chi connectivity index (χ2v) is 3.46. The Morgan fingerprint density at radius 2 is 1.43 bits per heavy atom. The van der Waals surface area contributed by atoms with Gasteiger partial charge in [0.15, 0.2) is 0 Å². The molecule has 0 rings (SSSR count). The Morgan fingerprint density at radius 1 is 0.857 bits per heavy atom. The van der Waals surface area contributed by atoms with Crippen LogP contribution < -0.4 is 0 Å². The first-order valence-electron chi connectivity index (χ1n) is 5.67. The zero-order chi connectivity index (χ0) is 10.5. The number of carbonyl (C=O) groups excluding carboxylic acids is 1. The van der Waals surface area contributed by atoms with Crippen LogP contribution in [0.3, 0.4) is 0 Å². The summed E-state index contributed by atoms with van der Waals surface area (Å²) in [5, 5.41) is 0. The standard InChI is InChI=1S/C13H22O/c1-2-3-4-5-6-7-8-9-10-11-12-13-14/h5-6,11-13H,2-4,7-10H2,1H3/b6-5-,12-11+. The molecule has 0 aliphatic carbocycles. The predicted octanol–water partition coefficient (Wildman–Crippen LogP) is 4.05. The lowest BCUT2D eigenvalue weighted by Gasteiger charge is -1.92. The van der Waals surface area contributed by atoms with Gasteiger partial charge >= 0.3 is 0 Å². The Morgan fingerprint density at radius 3 is 2.00 bits per heavy atom. The maximum atomic E-state index is 9.94. The Labute approximate surface area is 87.9 Å². The summed E-state index contributed by atoms with van der Waals surface area (Å²) >= 11 is 0. The fourth-order valence-electron chi connectivity index (χ4n) is 1.23. The van der Waals surface area contributed by atoms with Crippen LogP contribution in [0.15, 0.2) is 24.3 Å². The molecule has 0 aromatic heterocycles. The molecule has 0 aliphatic rings. The van der Waals surface area contributed by atoms with Gasteiger partial charge in [-0.2, -0.15) is 0 Å². The van der Waals surface area contributed by atoms with Crippen molar-refractivity contribution in [2.24, 2.45) is 0 Å². The molecule has 0 spiro atoms. The van der Waals surface area contributed by atoms with E-state index < -0.39 is 0 Å². The van der Waals surface area contributed by atoms with Crippen LogP contribution >= 0.6 is 0 Å². The average molecular weight is 194 g/mol. The average Bonchev–Trinajstić information content (AvgIpc) is 2.21. The van der Waals surface area contributed by atoms with Gasteiger partial charge in [0.1, 0.15) is 6.29 Å². The van der Waals surface area contributed by atoms with Gasteiger partial charge in [-0.15, -0.1) is 0 Å². The molecule has 0 aromatic rings. The minimum atomic E-state index is 0.838. The third kappa shape index (κ3) is 11.2. The molecule has 14 heavy (non-hydrogen) atoms. The van der Waals surface area contributed by atoms with Gasteiger partial charge < -0.3 is 0 Å². The molecule has 1 heteroatoms. The summed E-state index contributed by atoms with van der Waals surface area (Å²) in [6, 6.07) is 0. The fraction of sp³-hybridized carbons (Fsp3) is 0.615. The molecule has 0 atom stereocenters. The van der Waals surface area contributed by atoms with Crippen molar-refractivity contribution in [2.45, 2.75) is 51.9 Å². The van der Waals surface area contributed by atoms with Gasteiger partial charge in [0.05, 0.1) is 0 Å². The van der Waals surface area contributed by atoms with Crippen LogP contribution in [0.25, 0.3) is 0 Å². The maximum absolute atomic E-state index is 9.94. The highest BCUT2D eigenvalue weighted by molar-refractivity contribution is 5.64. The van der Waals surface area contributed by atoms with E-state index >= 15 is 0 Å². The van der Waals surface area contributed by atoms with Crippen molar-refractivity contribution in [3.05, 3.63) is 24.3 Å². The van der Waals surface area contributed by atoms with Gasteiger partial charge in [0.2, 0.25) is 0 Å². The van der Waals surface area contributed by atoms with Gasteiger partial charge in [-0.1, -0.05) is 38.0 Å². The molecule has 0 unspecified atom stereocenters. The number of unbranched alkanes of at least 4 members (excludes halogenated alkanes) is 5. The van der Waals surface area contributed by atoms with Crippen molar-refractivity contribution in [3.63, 3.8) is 0 Å². The molecule has 1 nitrogen and oxygen atoms in total. The van der Waals surface area contributed by atoms with Crippen LogP contribution in [0.2, 0.25) is 0 Å². The Balaban J connectivity index is 3.08. The lowest BCUT2D eigenvalue weighted by molar-refractivity contribution is -0.104. The molecule has 0 amide bonds. The van der Waals surface area contributed by atoms with E-state index in [2.05, 4.69) is 19.1 Å². The van der Waals surface area contributed by atoms with E-state index in [0.717, 1.165) is 12.7 Å².